The van der Waals surface area contributed by atoms with Gasteiger partial charge in [-0.15, -0.1) is 0 Å². The molecule has 30 heavy (non-hydrogen) atoms. The molecule has 0 bridgehead atoms. The molecule has 4 nitrogen and oxygen atoms in total. The van der Waals surface area contributed by atoms with Gasteiger partial charge in [-0.2, -0.15) is 0 Å². The van der Waals surface area contributed by atoms with Crippen LogP contribution in [0.15, 0.2) is 78.9 Å². The second-order valence-electron chi connectivity index (χ2n) is 7.79. The Balaban J connectivity index is 1.73. The number of esters is 1. The van der Waals surface area contributed by atoms with Crippen LogP contribution in [0.3, 0.4) is 0 Å². The summed E-state index contributed by atoms with van der Waals surface area (Å²) in [5, 5.41) is 6.66. The lowest BCUT2D eigenvalue weighted by molar-refractivity contribution is -0.168. The average molecular weight is 397 g/mol. The van der Waals surface area contributed by atoms with E-state index in [-0.39, 0.29) is 12.0 Å². The van der Waals surface area contributed by atoms with Crippen LogP contribution in [0, 0.1) is 6.92 Å². The predicted octanol–water partition coefficient (Wildman–Crippen LogP) is 6.07. The first kappa shape index (κ1) is 18.6. The molecule has 4 heteroatoms. The van der Waals surface area contributed by atoms with Gasteiger partial charge >= 0.3 is 5.97 Å². The van der Waals surface area contributed by atoms with Crippen molar-refractivity contribution in [1.82, 2.24) is 0 Å². The van der Waals surface area contributed by atoms with E-state index >= 15 is 0 Å². The van der Waals surface area contributed by atoms with Gasteiger partial charge in [0.15, 0.2) is 0 Å². The highest BCUT2D eigenvalue weighted by Gasteiger charge is 2.38. The summed E-state index contributed by atoms with van der Waals surface area (Å²) in [5.74, 6) is -0.340. The number of rotatable bonds is 3. The van der Waals surface area contributed by atoms with Crippen LogP contribution >= 0.6 is 0 Å². The topological polar surface area (TPSA) is 38.8 Å². The fourth-order valence-electron chi connectivity index (χ4n) is 4.42. The lowest BCUT2D eigenvalue weighted by Crippen LogP contribution is -2.23. The highest BCUT2D eigenvalue weighted by atomic mass is 16.8. The zero-order chi connectivity index (χ0) is 20.7. The van der Waals surface area contributed by atoms with Crippen molar-refractivity contribution in [3.8, 4) is 0 Å². The standard InChI is InChI=1S/C26H23NO3/c1-17-8-7-11-21(14-17)27-24(16-25(30-27)29-18(2)28)26-22-12-5-3-9-19(22)15-20-10-4-6-13-23(20)26/h3-15,24-25H,16H2,1-2H3. The number of hydrogen-bond donors (Lipinski definition) is 0. The van der Waals surface area contributed by atoms with Gasteiger partial charge in [0.25, 0.3) is 0 Å². The maximum atomic E-state index is 11.6. The number of carbonyl (C=O) groups excluding carboxylic acids is 1. The van der Waals surface area contributed by atoms with Crippen LogP contribution in [0.5, 0.6) is 0 Å². The maximum absolute atomic E-state index is 11.6. The van der Waals surface area contributed by atoms with E-state index in [1.807, 2.05) is 17.2 Å². The molecule has 0 aromatic heterocycles. The average Bonchev–Trinajstić information content (AvgIpc) is 3.14. The number of carbonyl (C=O) groups is 1. The fourth-order valence-corrected chi connectivity index (χ4v) is 4.42. The number of aryl methyl sites for hydroxylation is 1. The summed E-state index contributed by atoms with van der Waals surface area (Å²) in [5.41, 5.74) is 3.29. The molecule has 2 unspecified atom stereocenters. The molecule has 0 N–H and O–H groups in total. The minimum Gasteiger partial charge on any atom is -0.434 e. The molecule has 2 atom stereocenters. The molecule has 1 fully saturated rings. The third kappa shape index (κ3) is 3.29. The van der Waals surface area contributed by atoms with Crippen LogP contribution in [0.2, 0.25) is 0 Å². The highest BCUT2D eigenvalue weighted by Crippen LogP contribution is 2.44. The zero-order valence-electron chi connectivity index (χ0n) is 17.0. The predicted molar refractivity (Wildman–Crippen MR) is 119 cm³/mol. The van der Waals surface area contributed by atoms with Gasteiger partial charge in [0, 0.05) is 13.3 Å². The summed E-state index contributed by atoms with van der Waals surface area (Å²) < 4.78 is 5.47. The van der Waals surface area contributed by atoms with Crippen molar-refractivity contribution in [1.29, 1.82) is 0 Å². The molecule has 0 aliphatic carbocycles. The summed E-state index contributed by atoms with van der Waals surface area (Å²) >= 11 is 0. The molecule has 5 rings (SSSR count). The first-order valence-corrected chi connectivity index (χ1v) is 10.2. The quantitative estimate of drug-likeness (QED) is 0.310. The second-order valence-corrected chi connectivity index (χ2v) is 7.79. The van der Waals surface area contributed by atoms with E-state index in [2.05, 4.69) is 73.7 Å². The minimum absolute atomic E-state index is 0.0906. The van der Waals surface area contributed by atoms with E-state index < -0.39 is 6.29 Å². The first-order valence-electron chi connectivity index (χ1n) is 10.2. The largest absolute Gasteiger partial charge is 0.434 e. The molecule has 150 valence electrons. The van der Waals surface area contributed by atoms with Crippen LogP contribution < -0.4 is 5.06 Å². The Labute approximate surface area is 175 Å². The number of nitrogens with zero attached hydrogens (tertiary/aromatic N) is 1. The van der Waals surface area contributed by atoms with Crippen molar-refractivity contribution in [3.05, 3.63) is 90.0 Å². The lowest BCUT2D eigenvalue weighted by atomic mass is 9.90. The van der Waals surface area contributed by atoms with Crippen molar-refractivity contribution in [2.45, 2.75) is 32.6 Å². The molecule has 1 aliphatic rings. The second kappa shape index (κ2) is 7.47. The van der Waals surface area contributed by atoms with Crippen molar-refractivity contribution in [3.63, 3.8) is 0 Å². The molecule has 0 spiro atoms. The van der Waals surface area contributed by atoms with Crippen molar-refractivity contribution in [2.24, 2.45) is 0 Å². The van der Waals surface area contributed by atoms with E-state index in [0.717, 1.165) is 11.3 Å². The van der Waals surface area contributed by atoms with Crippen LogP contribution in [-0.2, 0) is 14.4 Å². The number of hydrogen-bond acceptors (Lipinski definition) is 4. The molecule has 0 amide bonds. The maximum Gasteiger partial charge on any atom is 0.305 e. The number of ether oxygens (including phenoxy) is 1. The van der Waals surface area contributed by atoms with Crippen LogP contribution in [0.4, 0.5) is 5.69 Å². The summed E-state index contributed by atoms with van der Waals surface area (Å²) in [4.78, 5) is 17.8. The molecule has 0 radical (unpaired) electrons. The van der Waals surface area contributed by atoms with Gasteiger partial charge in [0.1, 0.15) is 0 Å². The zero-order valence-corrected chi connectivity index (χ0v) is 17.0. The van der Waals surface area contributed by atoms with E-state index in [4.69, 9.17) is 9.57 Å². The molecule has 1 aliphatic heterocycles. The van der Waals surface area contributed by atoms with Crippen LogP contribution in [0.25, 0.3) is 21.5 Å². The Hall–Kier alpha value is -3.37. The van der Waals surface area contributed by atoms with Crippen molar-refractivity contribution in [2.75, 3.05) is 5.06 Å². The summed E-state index contributed by atoms with van der Waals surface area (Å²) in [7, 11) is 0. The van der Waals surface area contributed by atoms with Gasteiger partial charge in [-0.1, -0.05) is 60.7 Å². The number of fused-ring (bicyclic) bond motifs is 2. The number of hydroxylamine groups is 1. The molecule has 1 saturated heterocycles. The van der Waals surface area contributed by atoms with E-state index in [1.165, 1.54) is 34.0 Å². The fraction of sp³-hybridized carbons (Fsp3) is 0.192. The third-order valence-electron chi connectivity index (χ3n) is 5.63. The Bertz CT molecular complexity index is 1200. The number of anilines is 1. The molecule has 1 heterocycles. The van der Waals surface area contributed by atoms with Crippen LogP contribution in [-0.4, -0.2) is 12.3 Å². The smallest absolute Gasteiger partial charge is 0.305 e. The molecular weight excluding hydrogens is 374 g/mol. The van der Waals surface area contributed by atoms with E-state index in [9.17, 15) is 4.79 Å². The SMILES string of the molecule is CC(=O)OC1CC(c2c3ccccc3cc3ccccc23)N(c2cccc(C)c2)O1. The van der Waals surface area contributed by atoms with Gasteiger partial charge < -0.3 is 4.74 Å². The van der Waals surface area contributed by atoms with Gasteiger partial charge in [0.2, 0.25) is 6.29 Å². The summed E-state index contributed by atoms with van der Waals surface area (Å²) in [6.45, 7) is 3.48. The summed E-state index contributed by atoms with van der Waals surface area (Å²) in [6.07, 6.45) is -0.0586. The van der Waals surface area contributed by atoms with E-state index in [0.29, 0.717) is 6.42 Å². The highest BCUT2D eigenvalue weighted by molar-refractivity contribution is 6.03. The van der Waals surface area contributed by atoms with Gasteiger partial charge in [-0.05, 0) is 57.8 Å². The Morgan fingerprint density at radius 3 is 2.23 bits per heavy atom. The lowest BCUT2D eigenvalue weighted by Gasteiger charge is -2.27. The monoisotopic (exact) mass is 397 g/mol. The Morgan fingerprint density at radius 1 is 0.933 bits per heavy atom. The van der Waals surface area contributed by atoms with Gasteiger partial charge in [0.05, 0.1) is 11.7 Å². The molecular formula is C26H23NO3. The first-order chi connectivity index (χ1) is 14.6. The minimum atomic E-state index is -0.620. The molecule has 0 saturated carbocycles. The molecule has 4 aromatic rings. The molecule has 4 aromatic carbocycles. The summed E-state index contributed by atoms with van der Waals surface area (Å²) in [6, 6.07) is 27.2. The van der Waals surface area contributed by atoms with Crippen LogP contribution in [0.1, 0.15) is 30.5 Å². The van der Waals surface area contributed by atoms with Crippen molar-refractivity contribution >= 4 is 33.2 Å². The third-order valence-corrected chi connectivity index (χ3v) is 5.63. The van der Waals surface area contributed by atoms with E-state index in [1.54, 1.807) is 0 Å². The normalized spacial score (nSPS) is 18.8. The number of benzene rings is 4. The Morgan fingerprint density at radius 2 is 1.60 bits per heavy atom. The van der Waals surface area contributed by atoms with Gasteiger partial charge in [-0.3, -0.25) is 4.79 Å². The van der Waals surface area contributed by atoms with Gasteiger partial charge in [-0.25, -0.2) is 9.90 Å². The Kier molecular flexibility index (Phi) is 4.64. The van der Waals surface area contributed by atoms with Crippen molar-refractivity contribution < 1.29 is 14.4 Å².